The number of hydrogen-bond acceptors (Lipinski definition) is 2. The van der Waals surface area contributed by atoms with Crippen molar-refractivity contribution in [3.05, 3.63) is 81.1 Å². The Balaban J connectivity index is 1.45. The molecular formula is C23H21Cl2N3O. The first-order valence-corrected chi connectivity index (χ1v) is 10.8. The number of rotatable bonds is 5. The number of halogens is 2. The lowest BCUT2D eigenvalue weighted by Crippen LogP contribution is -2.27. The average molecular weight is 426 g/mol. The van der Waals surface area contributed by atoms with Crippen LogP contribution in [0.5, 0.6) is 0 Å². The highest BCUT2D eigenvalue weighted by Gasteiger charge is 2.44. The van der Waals surface area contributed by atoms with Crippen LogP contribution in [0.1, 0.15) is 58.4 Å². The van der Waals surface area contributed by atoms with Crippen molar-refractivity contribution < 1.29 is 4.79 Å². The third kappa shape index (κ3) is 3.34. The summed E-state index contributed by atoms with van der Waals surface area (Å²) in [6, 6.07) is 15.6. The first kappa shape index (κ1) is 18.7. The zero-order valence-corrected chi connectivity index (χ0v) is 17.4. The van der Waals surface area contributed by atoms with Crippen LogP contribution in [-0.4, -0.2) is 22.2 Å². The smallest absolute Gasteiger partial charge is 0.272 e. The Labute approximate surface area is 179 Å². The summed E-state index contributed by atoms with van der Waals surface area (Å²) in [5.41, 5.74) is 4.80. The molecule has 0 aliphatic heterocycles. The molecule has 2 atom stereocenters. The van der Waals surface area contributed by atoms with E-state index in [0.29, 0.717) is 34.1 Å². The summed E-state index contributed by atoms with van der Waals surface area (Å²) in [6.45, 7) is 0.584. The van der Waals surface area contributed by atoms with Gasteiger partial charge in [0.05, 0.1) is 16.4 Å². The highest BCUT2D eigenvalue weighted by atomic mass is 35.5. The summed E-state index contributed by atoms with van der Waals surface area (Å²) in [5, 5.41) is 8.92. The molecule has 1 unspecified atom stereocenters. The molecular weight excluding hydrogens is 405 g/mol. The molecule has 0 saturated heterocycles. The summed E-state index contributed by atoms with van der Waals surface area (Å²) in [5.74, 6) is 0.762. The second-order valence-corrected chi connectivity index (χ2v) is 8.70. The van der Waals surface area contributed by atoms with Crippen LogP contribution in [-0.2, 0) is 6.42 Å². The van der Waals surface area contributed by atoms with Gasteiger partial charge in [-0.15, -0.1) is 0 Å². The second kappa shape index (κ2) is 7.51. The summed E-state index contributed by atoms with van der Waals surface area (Å²) in [6.07, 6.45) is 4.17. The van der Waals surface area contributed by atoms with Gasteiger partial charge < -0.3 is 5.32 Å². The van der Waals surface area contributed by atoms with Gasteiger partial charge in [-0.25, -0.2) is 4.68 Å². The highest BCUT2D eigenvalue weighted by molar-refractivity contribution is 6.35. The van der Waals surface area contributed by atoms with E-state index in [1.807, 2.05) is 35.0 Å². The van der Waals surface area contributed by atoms with E-state index in [2.05, 4.69) is 17.4 Å². The number of hydrogen-bond donors (Lipinski definition) is 1. The summed E-state index contributed by atoms with van der Waals surface area (Å²) in [7, 11) is 0. The van der Waals surface area contributed by atoms with Crippen LogP contribution in [0.15, 0.2) is 48.5 Å². The van der Waals surface area contributed by atoms with E-state index in [0.717, 1.165) is 42.6 Å². The van der Waals surface area contributed by atoms with E-state index in [4.69, 9.17) is 28.3 Å². The Morgan fingerprint density at radius 1 is 1.10 bits per heavy atom. The molecule has 0 spiro atoms. The molecule has 6 heteroatoms. The van der Waals surface area contributed by atoms with Crippen molar-refractivity contribution in [3.8, 4) is 5.69 Å². The maximum absolute atomic E-state index is 13.0. The molecule has 5 rings (SSSR count). The van der Waals surface area contributed by atoms with Crippen LogP contribution < -0.4 is 5.32 Å². The summed E-state index contributed by atoms with van der Waals surface area (Å²) in [4.78, 5) is 13.0. The number of amides is 1. The van der Waals surface area contributed by atoms with Crippen LogP contribution in [0.4, 0.5) is 0 Å². The van der Waals surface area contributed by atoms with Gasteiger partial charge in [0.15, 0.2) is 5.69 Å². The largest absolute Gasteiger partial charge is 0.350 e. The first-order chi connectivity index (χ1) is 14.1. The fourth-order valence-electron chi connectivity index (χ4n) is 4.78. The van der Waals surface area contributed by atoms with Gasteiger partial charge in [0.2, 0.25) is 0 Å². The van der Waals surface area contributed by atoms with E-state index >= 15 is 0 Å². The van der Waals surface area contributed by atoms with Crippen molar-refractivity contribution in [2.75, 3.05) is 6.54 Å². The minimum Gasteiger partial charge on any atom is -0.350 e. The van der Waals surface area contributed by atoms with E-state index in [1.165, 1.54) is 5.56 Å². The number of aromatic nitrogens is 2. The van der Waals surface area contributed by atoms with Crippen molar-refractivity contribution in [1.82, 2.24) is 15.1 Å². The minimum absolute atomic E-state index is 0.103. The van der Waals surface area contributed by atoms with E-state index in [-0.39, 0.29) is 5.91 Å². The van der Waals surface area contributed by atoms with E-state index in [9.17, 15) is 4.79 Å². The van der Waals surface area contributed by atoms with Crippen LogP contribution in [0.25, 0.3) is 5.69 Å². The fraction of sp³-hybridized carbons (Fsp3) is 0.304. The van der Waals surface area contributed by atoms with Gasteiger partial charge in [-0.2, -0.15) is 5.10 Å². The third-order valence-corrected chi connectivity index (χ3v) is 6.62. The van der Waals surface area contributed by atoms with Gasteiger partial charge in [0, 0.05) is 23.0 Å². The normalized spacial score (nSPS) is 19.4. The van der Waals surface area contributed by atoms with Crippen molar-refractivity contribution in [2.24, 2.45) is 0 Å². The molecule has 4 nitrogen and oxygen atoms in total. The number of carbonyl (C=O) groups is 1. The van der Waals surface area contributed by atoms with Crippen molar-refractivity contribution in [3.63, 3.8) is 0 Å². The lowest BCUT2D eigenvalue weighted by Gasteiger charge is -2.14. The molecule has 1 fully saturated rings. The molecule has 1 heterocycles. The molecule has 0 radical (unpaired) electrons. The SMILES string of the molecule is O=C(NCCc1ccccc1)c1nn(-c2ccc(Cl)cc2Cl)c2c1C1CC[C@@H]2C1. The lowest BCUT2D eigenvalue weighted by atomic mass is 9.95. The first-order valence-electron chi connectivity index (χ1n) is 10.0. The molecule has 29 heavy (non-hydrogen) atoms. The molecule has 1 aromatic heterocycles. The molecule has 2 aliphatic carbocycles. The quantitative estimate of drug-likeness (QED) is 0.584. The Morgan fingerprint density at radius 2 is 1.90 bits per heavy atom. The Hall–Kier alpha value is -2.30. The number of nitrogens with zero attached hydrogens (tertiary/aromatic N) is 2. The monoisotopic (exact) mass is 425 g/mol. The minimum atomic E-state index is -0.103. The molecule has 3 aromatic rings. The Kier molecular flexibility index (Phi) is 4.84. The topological polar surface area (TPSA) is 46.9 Å². The predicted octanol–water partition coefficient (Wildman–Crippen LogP) is 5.52. The van der Waals surface area contributed by atoms with Gasteiger partial charge in [-0.1, -0.05) is 53.5 Å². The predicted molar refractivity (Wildman–Crippen MR) is 115 cm³/mol. The Morgan fingerprint density at radius 3 is 2.69 bits per heavy atom. The van der Waals surface area contributed by atoms with Gasteiger partial charge in [-0.05, 0) is 55.4 Å². The van der Waals surface area contributed by atoms with Crippen LogP contribution in [0, 0.1) is 0 Å². The summed E-state index contributed by atoms with van der Waals surface area (Å²) >= 11 is 12.5. The number of nitrogens with one attached hydrogen (secondary N) is 1. The molecule has 2 bridgehead atoms. The number of carbonyl (C=O) groups excluding carboxylic acids is 1. The van der Waals surface area contributed by atoms with Gasteiger partial charge in [-0.3, -0.25) is 4.79 Å². The van der Waals surface area contributed by atoms with Crippen molar-refractivity contribution in [1.29, 1.82) is 0 Å². The third-order valence-electron chi connectivity index (χ3n) is 6.08. The van der Waals surface area contributed by atoms with Crippen LogP contribution >= 0.6 is 23.2 Å². The molecule has 2 aliphatic rings. The second-order valence-electron chi connectivity index (χ2n) is 7.85. The molecule has 1 saturated carbocycles. The fourth-order valence-corrected chi connectivity index (χ4v) is 5.27. The molecule has 2 aromatic carbocycles. The maximum Gasteiger partial charge on any atom is 0.272 e. The van der Waals surface area contributed by atoms with Crippen LogP contribution in [0.2, 0.25) is 10.0 Å². The molecule has 1 amide bonds. The van der Waals surface area contributed by atoms with Crippen molar-refractivity contribution in [2.45, 2.75) is 37.5 Å². The van der Waals surface area contributed by atoms with Gasteiger partial charge in [0.1, 0.15) is 0 Å². The summed E-state index contributed by atoms with van der Waals surface area (Å²) < 4.78 is 1.88. The number of fused-ring (bicyclic) bond motifs is 5. The molecule has 148 valence electrons. The van der Waals surface area contributed by atoms with Gasteiger partial charge >= 0.3 is 0 Å². The van der Waals surface area contributed by atoms with Gasteiger partial charge in [0.25, 0.3) is 5.91 Å². The zero-order valence-electron chi connectivity index (χ0n) is 15.9. The average Bonchev–Trinajstić information content (AvgIpc) is 3.42. The van der Waals surface area contributed by atoms with E-state index < -0.39 is 0 Å². The lowest BCUT2D eigenvalue weighted by molar-refractivity contribution is 0.0947. The maximum atomic E-state index is 13.0. The van der Waals surface area contributed by atoms with Crippen molar-refractivity contribution >= 4 is 29.1 Å². The van der Waals surface area contributed by atoms with E-state index in [1.54, 1.807) is 6.07 Å². The standard InChI is InChI=1S/C23H21Cl2N3O/c24-17-8-9-19(18(25)13-17)28-22-16-7-6-15(12-16)20(22)21(27-28)23(29)26-11-10-14-4-2-1-3-5-14/h1-5,8-9,13,15-16H,6-7,10-12H2,(H,26,29)/t15?,16-/m1/s1. The Bertz CT molecular complexity index is 1080. The highest BCUT2D eigenvalue weighted by Crippen LogP contribution is 2.54. The molecule has 1 N–H and O–H groups in total. The van der Waals surface area contributed by atoms with Crippen LogP contribution in [0.3, 0.4) is 0 Å². The number of benzene rings is 2. The zero-order chi connectivity index (χ0) is 20.0.